The molecule has 1 heterocycles. The molecular weight excluding hydrogens is 621 g/mol. The maximum absolute atomic E-state index is 13.0. The highest BCUT2D eigenvalue weighted by molar-refractivity contribution is 5.97. The molecule has 11 nitrogen and oxygen atoms in total. The number of halogens is 3. The Morgan fingerprint density at radius 1 is 1.04 bits per heavy atom. The lowest BCUT2D eigenvalue weighted by Crippen LogP contribution is -2.35. The Balaban J connectivity index is 1.91. The largest absolute Gasteiger partial charge is 0.573 e. The number of alkyl halides is 3. The third-order valence-corrected chi connectivity index (χ3v) is 7.96. The fourth-order valence-electron chi connectivity index (χ4n) is 6.82. The first kappa shape index (κ1) is 35.4. The van der Waals surface area contributed by atoms with E-state index in [1.54, 1.807) is 26.8 Å². The molecule has 1 fully saturated rings. The molecule has 1 unspecified atom stereocenters. The van der Waals surface area contributed by atoms with Crippen molar-refractivity contribution < 1.29 is 46.5 Å². The summed E-state index contributed by atoms with van der Waals surface area (Å²) in [6, 6.07) is 6.66. The van der Waals surface area contributed by atoms with Gasteiger partial charge in [0.05, 0.1) is 35.5 Å². The number of esters is 1. The Bertz CT molecular complexity index is 1650. The van der Waals surface area contributed by atoms with Crippen molar-refractivity contribution in [2.45, 2.75) is 86.2 Å². The van der Waals surface area contributed by atoms with Crippen molar-refractivity contribution in [2.24, 2.45) is 16.6 Å². The molecule has 1 saturated carbocycles. The van der Waals surface area contributed by atoms with Crippen LogP contribution in [0.15, 0.2) is 30.3 Å². The summed E-state index contributed by atoms with van der Waals surface area (Å²) in [4.78, 5) is 42.3. The van der Waals surface area contributed by atoms with Crippen LogP contribution in [0.2, 0.25) is 0 Å². The second kappa shape index (κ2) is 13.3. The lowest BCUT2D eigenvalue weighted by Gasteiger charge is -2.45. The molecule has 1 aromatic heterocycles. The fourth-order valence-corrected chi connectivity index (χ4v) is 6.82. The maximum atomic E-state index is 13.0. The van der Waals surface area contributed by atoms with Crippen LogP contribution >= 0.6 is 0 Å². The maximum Gasteiger partial charge on any atom is 0.573 e. The van der Waals surface area contributed by atoms with Crippen LogP contribution in [0.3, 0.4) is 0 Å². The number of nitrogens with two attached hydrogens (primary N) is 1. The number of aryl methyl sites for hydroxylation is 1. The number of aromatic nitrogens is 2. The molecule has 3 aromatic rings. The predicted molar refractivity (Wildman–Crippen MR) is 167 cm³/mol. The van der Waals surface area contributed by atoms with Crippen molar-refractivity contribution in [3.05, 3.63) is 47.0 Å². The van der Waals surface area contributed by atoms with Crippen molar-refractivity contribution in [1.82, 2.24) is 9.55 Å². The summed E-state index contributed by atoms with van der Waals surface area (Å²) in [6.45, 7) is 13.7. The number of carbonyl (C=O) groups excluding carboxylic acids is 3. The summed E-state index contributed by atoms with van der Waals surface area (Å²) >= 11 is 0. The number of primary amides is 1. The molecule has 14 heteroatoms. The summed E-state index contributed by atoms with van der Waals surface area (Å²) < 4.78 is 60.4. The van der Waals surface area contributed by atoms with Crippen LogP contribution in [0.1, 0.15) is 94.4 Å². The van der Waals surface area contributed by atoms with Crippen LogP contribution in [0, 0.1) is 17.8 Å². The van der Waals surface area contributed by atoms with Gasteiger partial charge in [0.15, 0.2) is 0 Å². The van der Waals surface area contributed by atoms with E-state index in [1.807, 2.05) is 10.6 Å². The second-order valence-electron chi connectivity index (χ2n) is 13.3. The van der Waals surface area contributed by atoms with Gasteiger partial charge in [-0.25, -0.2) is 14.6 Å². The minimum absolute atomic E-state index is 0.00959. The van der Waals surface area contributed by atoms with Crippen LogP contribution in [-0.2, 0) is 19.0 Å². The number of fused-ring (bicyclic) bond motifs is 1. The lowest BCUT2D eigenvalue weighted by atomic mass is 9.63. The first-order valence-electron chi connectivity index (χ1n) is 15.3. The lowest BCUT2D eigenvalue weighted by molar-refractivity contribution is -0.274. The van der Waals surface area contributed by atoms with Gasteiger partial charge in [-0.1, -0.05) is 27.7 Å². The Morgan fingerprint density at radius 2 is 1.68 bits per heavy atom. The number of carbonyl (C=O) groups is 3. The van der Waals surface area contributed by atoms with Gasteiger partial charge in [-0.15, -0.1) is 13.2 Å². The van der Waals surface area contributed by atoms with Gasteiger partial charge in [0.1, 0.15) is 5.75 Å². The highest BCUT2D eigenvalue weighted by Crippen LogP contribution is 2.51. The number of benzene rings is 2. The average molecular weight is 663 g/mol. The molecule has 1 atom stereocenters. The summed E-state index contributed by atoms with van der Waals surface area (Å²) in [5.41, 5.74) is 7.48. The molecular formula is C33H41F3N4O7. The molecule has 4 rings (SSSR count). The molecule has 0 aliphatic heterocycles. The molecule has 1 aliphatic rings. The van der Waals surface area contributed by atoms with Crippen molar-refractivity contribution in [3.8, 4) is 5.75 Å². The quantitative estimate of drug-likeness (QED) is 0.209. The number of nitrogens with zero attached hydrogens (tertiary/aromatic N) is 2. The minimum atomic E-state index is -4.97. The molecule has 0 spiro atoms. The summed E-state index contributed by atoms with van der Waals surface area (Å²) in [5.74, 6) is -2.06. The van der Waals surface area contributed by atoms with Crippen molar-refractivity contribution in [3.63, 3.8) is 0 Å². The third kappa shape index (κ3) is 8.46. The Morgan fingerprint density at radius 3 is 2.26 bits per heavy atom. The molecule has 256 valence electrons. The summed E-state index contributed by atoms with van der Waals surface area (Å²) in [6.07, 6.45) is -4.95. The zero-order valence-electron chi connectivity index (χ0n) is 27.5. The van der Waals surface area contributed by atoms with E-state index in [0.29, 0.717) is 28.1 Å². The number of hydrogen-bond acceptors (Lipinski definition) is 9. The number of rotatable bonds is 10. The van der Waals surface area contributed by atoms with Crippen LogP contribution in [0.25, 0.3) is 11.0 Å². The molecule has 3 N–H and O–H groups in total. The number of nitrogens with one attached hydrogen (secondary N) is 1. The monoisotopic (exact) mass is 662 g/mol. The van der Waals surface area contributed by atoms with Gasteiger partial charge in [-0.3, -0.25) is 4.79 Å². The van der Waals surface area contributed by atoms with E-state index in [2.05, 4.69) is 37.7 Å². The fraction of sp³-hybridized carbons (Fsp3) is 0.515. The highest BCUT2D eigenvalue weighted by Gasteiger charge is 2.41. The van der Waals surface area contributed by atoms with E-state index in [9.17, 15) is 27.6 Å². The summed E-state index contributed by atoms with van der Waals surface area (Å²) in [7, 11) is 0. The molecule has 47 heavy (non-hydrogen) atoms. The van der Waals surface area contributed by atoms with E-state index >= 15 is 0 Å². The van der Waals surface area contributed by atoms with Gasteiger partial charge < -0.3 is 34.6 Å². The van der Waals surface area contributed by atoms with Gasteiger partial charge in [0.2, 0.25) is 12.1 Å². The van der Waals surface area contributed by atoms with E-state index in [0.717, 1.165) is 31.4 Å². The van der Waals surface area contributed by atoms with Gasteiger partial charge in [-0.05, 0) is 86.8 Å². The molecule has 0 saturated heterocycles. The average Bonchev–Trinajstić information content (AvgIpc) is 3.26. The highest BCUT2D eigenvalue weighted by atomic mass is 19.4. The topological polar surface area (TPSA) is 144 Å². The number of ether oxygens (including phenoxy) is 4. The third-order valence-electron chi connectivity index (χ3n) is 7.96. The standard InChI is InChI=1S/C33H41F3N4O7/c1-8-44-28(42)22-13-20(47-33(34,35)36)10-11-23(22)38-29-39-24-14-21(26(27(37)41)46-30(43)45-9-2)18(3)12-25(24)40(29)19-15-31(4,5)17-32(6,7)16-19/h10-14,19,26H,8-9,15-17H2,1-7H3,(H2,37,41)(H,38,39). The van der Waals surface area contributed by atoms with Crippen molar-refractivity contribution in [2.75, 3.05) is 18.5 Å². The number of hydrogen-bond donors (Lipinski definition) is 2. The van der Waals surface area contributed by atoms with Crippen molar-refractivity contribution >= 4 is 40.7 Å². The van der Waals surface area contributed by atoms with Crippen LogP contribution in [-0.4, -0.2) is 47.2 Å². The van der Waals surface area contributed by atoms with Crippen LogP contribution in [0.5, 0.6) is 5.75 Å². The zero-order valence-corrected chi connectivity index (χ0v) is 27.5. The van der Waals surface area contributed by atoms with E-state index in [1.165, 1.54) is 6.07 Å². The Kier molecular flexibility index (Phi) is 10.0. The number of imidazole rings is 1. The minimum Gasteiger partial charge on any atom is -0.462 e. The predicted octanol–water partition coefficient (Wildman–Crippen LogP) is 7.64. The number of amides is 1. The zero-order chi connectivity index (χ0) is 34.9. The SMILES string of the molecule is CCOC(=O)OC(C(N)=O)c1cc2nc(Nc3ccc(OC(F)(F)F)cc3C(=O)OCC)n(C3CC(C)(C)CC(C)(C)C3)c2cc1C. The van der Waals surface area contributed by atoms with Crippen LogP contribution < -0.4 is 15.8 Å². The summed E-state index contributed by atoms with van der Waals surface area (Å²) in [5, 5.41) is 3.17. The van der Waals surface area contributed by atoms with E-state index < -0.39 is 36.2 Å². The first-order chi connectivity index (χ1) is 21.8. The van der Waals surface area contributed by atoms with Gasteiger partial charge in [0.25, 0.3) is 5.91 Å². The van der Waals surface area contributed by atoms with E-state index in [-0.39, 0.29) is 41.3 Å². The normalized spacial score (nSPS) is 16.7. The van der Waals surface area contributed by atoms with Gasteiger partial charge in [-0.2, -0.15) is 0 Å². The van der Waals surface area contributed by atoms with Crippen molar-refractivity contribution in [1.29, 1.82) is 0 Å². The first-order valence-corrected chi connectivity index (χ1v) is 15.3. The second-order valence-corrected chi connectivity index (χ2v) is 13.3. The molecule has 1 aliphatic carbocycles. The Labute approximate surface area is 270 Å². The molecule has 1 amide bonds. The molecule has 0 radical (unpaired) electrons. The smallest absolute Gasteiger partial charge is 0.462 e. The molecule has 0 bridgehead atoms. The number of anilines is 2. The Hall–Kier alpha value is -4.49. The van der Waals surface area contributed by atoms with E-state index in [4.69, 9.17) is 24.9 Å². The van der Waals surface area contributed by atoms with Gasteiger partial charge >= 0.3 is 18.5 Å². The van der Waals surface area contributed by atoms with Gasteiger partial charge in [0, 0.05) is 11.6 Å². The molecule has 2 aromatic carbocycles. The van der Waals surface area contributed by atoms with Crippen LogP contribution in [0.4, 0.5) is 29.6 Å².